The number of carbonyl (C=O) groups is 2. The van der Waals surface area contributed by atoms with Gasteiger partial charge in [-0.1, -0.05) is 338 Å². The van der Waals surface area contributed by atoms with Gasteiger partial charge in [0, 0.05) is 25.2 Å². The average molecular weight is 1590 g/mol. The summed E-state index contributed by atoms with van der Waals surface area (Å²) in [5.41, 5.74) is 20.0. The molecular formula is C107H146N2O8. The number of aryl methyl sites for hydroxylation is 2. The number of para-hydroxylation sites is 1. The van der Waals surface area contributed by atoms with Crippen molar-refractivity contribution in [3.8, 4) is 29.1 Å². The molecule has 0 bridgehead atoms. The summed E-state index contributed by atoms with van der Waals surface area (Å²) in [6, 6.07) is 84.8. The standard InChI is InChI=1S/C14H21NO.C11H13N.C11H14O2.C11H14O.4C10H14O.2C10H14/c1-12(2)14-5-3-13(4-6-14)11-15-7-9-16-10-8-15;1-9(2)11-5-3-4-10(8-11)6-7-12;1-8(2)9-4-6-10(7-5-9)11(12)13-3;1-8(2)10-4-6-11(7-5-10)9(3)12;2*1-8(2)9-4-6-10(11-3)7-5-9;1-8(2)9-5-4-6-10(7-9)11-3;1-8(2)9-6-4-5-7-10(9)11-3;2*1-8(2)10-6-4-9(3)5-7-10/h3-6,12H,7-11H2,1-2H3;3-5,8-9H,6H2,1-2H3;4-8H,1-3H3;4-8H,1-3H3;4*4-8H,1-3H3;2*4-8H,1-3H3. The maximum Gasteiger partial charge on any atom is 0.337 e. The monoisotopic (exact) mass is 1590 g/mol. The van der Waals surface area contributed by atoms with Crippen LogP contribution < -0.4 is 18.9 Å². The largest absolute Gasteiger partial charge is 0.497 e. The van der Waals surface area contributed by atoms with Gasteiger partial charge in [0.25, 0.3) is 0 Å². The van der Waals surface area contributed by atoms with E-state index in [0.717, 1.165) is 67.0 Å². The second kappa shape index (κ2) is 57.9. The highest BCUT2D eigenvalue weighted by Crippen LogP contribution is 2.27. The minimum absolute atomic E-state index is 0.130. The van der Waals surface area contributed by atoms with Crippen LogP contribution in [0.2, 0.25) is 0 Å². The van der Waals surface area contributed by atoms with E-state index in [1.165, 1.54) is 79.4 Å². The number of hydrogen-bond donors (Lipinski definition) is 0. The van der Waals surface area contributed by atoms with Gasteiger partial charge in [-0.15, -0.1) is 0 Å². The van der Waals surface area contributed by atoms with Crippen molar-refractivity contribution in [3.63, 3.8) is 0 Å². The molecule has 1 saturated heterocycles. The number of benzene rings is 10. The summed E-state index contributed by atoms with van der Waals surface area (Å²) < 4.78 is 30.4. The molecule has 0 unspecified atom stereocenters. The lowest BCUT2D eigenvalue weighted by molar-refractivity contribution is 0.0342. The molecule has 0 aromatic heterocycles. The van der Waals surface area contributed by atoms with Gasteiger partial charge < -0.3 is 28.4 Å². The number of Topliss-reactive ketones (excluding diaryl/α,β-unsaturated/α-hetero) is 1. The molecule has 1 fully saturated rings. The van der Waals surface area contributed by atoms with Crippen molar-refractivity contribution in [2.75, 3.05) is 61.9 Å². The van der Waals surface area contributed by atoms with E-state index in [1.54, 1.807) is 47.5 Å². The van der Waals surface area contributed by atoms with Crippen molar-refractivity contribution in [2.45, 2.75) is 231 Å². The lowest BCUT2D eigenvalue weighted by atomic mass is 10.0. The Hall–Kier alpha value is -10.1. The fraction of sp³-hybridized carbons (Fsp3) is 0.411. The highest BCUT2D eigenvalue weighted by Gasteiger charge is 2.12. The fourth-order valence-electron chi connectivity index (χ4n) is 11.4. The van der Waals surface area contributed by atoms with Gasteiger partial charge in [0.2, 0.25) is 0 Å². The molecule has 0 atom stereocenters. The smallest absolute Gasteiger partial charge is 0.337 e. The summed E-state index contributed by atoms with van der Waals surface area (Å²) >= 11 is 0. The van der Waals surface area contributed by atoms with E-state index in [2.05, 4.69) is 295 Å². The molecule has 0 aliphatic carbocycles. The lowest BCUT2D eigenvalue weighted by Crippen LogP contribution is -2.35. The summed E-state index contributed by atoms with van der Waals surface area (Å²) in [5, 5.41) is 8.50. The molecule has 0 amide bonds. The van der Waals surface area contributed by atoms with Gasteiger partial charge in [-0.05, 0) is 201 Å². The number of ketones is 1. The van der Waals surface area contributed by atoms with E-state index < -0.39 is 0 Å². The SMILES string of the molecule is CC(=O)c1ccc(C(C)C)cc1.CC(C)c1ccc(CN2CCOCC2)cc1.CC(C)c1cccc(CC#N)c1.COC(=O)c1ccc(C(C)C)cc1.COc1ccc(C(C)C)cc1.COc1ccc(C(C)C)cc1.COc1cccc(C(C)C)c1.COc1ccccc1C(C)C.Cc1ccc(C(C)C)cc1.Cc1ccc(C(C)C)cc1. The molecule has 632 valence electrons. The summed E-state index contributed by atoms with van der Waals surface area (Å²) in [7, 11) is 8.16. The number of methoxy groups -OCH3 is 5. The van der Waals surface area contributed by atoms with Gasteiger partial charge >= 0.3 is 5.97 Å². The van der Waals surface area contributed by atoms with Gasteiger partial charge in [-0.2, -0.15) is 5.26 Å². The molecule has 0 radical (unpaired) electrons. The minimum atomic E-state index is -0.282. The van der Waals surface area contributed by atoms with Crippen LogP contribution in [0.5, 0.6) is 23.0 Å². The van der Waals surface area contributed by atoms with Crippen LogP contribution in [0.25, 0.3) is 0 Å². The first kappa shape index (κ1) is 103. The maximum atomic E-state index is 11.1. The van der Waals surface area contributed by atoms with Crippen LogP contribution in [-0.4, -0.2) is 78.5 Å². The summed E-state index contributed by atoms with van der Waals surface area (Å²) in [5.74, 6) is 9.43. The third kappa shape index (κ3) is 42.6. The predicted molar refractivity (Wildman–Crippen MR) is 498 cm³/mol. The molecule has 10 nitrogen and oxygen atoms in total. The number of hydrogen-bond acceptors (Lipinski definition) is 10. The summed E-state index contributed by atoms with van der Waals surface area (Å²) in [6.07, 6.45) is 0.514. The van der Waals surface area contributed by atoms with Crippen LogP contribution in [0, 0.1) is 25.2 Å². The normalized spacial score (nSPS) is 11.3. The highest BCUT2D eigenvalue weighted by molar-refractivity contribution is 5.94. The third-order valence-electron chi connectivity index (χ3n) is 19.6. The molecule has 1 aliphatic heterocycles. The van der Waals surface area contributed by atoms with Gasteiger partial charge in [0.05, 0.1) is 66.8 Å². The molecular weight excluding hydrogens is 1440 g/mol. The number of esters is 1. The fourth-order valence-corrected chi connectivity index (χ4v) is 11.4. The second-order valence-corrected chi connectivity index (χ2v) is 32.4. The molecule has 0 N–H and O–H groups in total. The van der Waals surface area contributed by atoms with Crippen LogP contribution >= 0.6 is 0 Å². The molecule has 1 heterocycles. The van der Waals surface area contributed by atoms with Gasteiger partial charge in [-0.3, -0.25) is 9.69 Å². The Morgan fingerprint density at radius 1 is 0.350 bits per heavy atom. The number of morpholine rings is 1. The molecule has 10 aromatic rings. The lowest BCUT2D eigenvalue weighted by Gasteiger charge is -2.26. The van der Waals surface area contributed by atoms with Crippen LogP contribution in [0.15, 0.2) is 243 Å². The first-order chi connectivity index (χ1) is 55.6. The molecule has 0 spiro atoms. The van der Waals surface area contributed by atoms with Crippen molar-refractivity contribution in [1.29, 1.82) is 5.26 Å². The number of nitriles is 1. The molecule has 1 aliphatic rings. The van der Waals surface area contributed by atoms with Crippen molar-refractivity contribution in [1.82, 2.24) is 4.90 Å². The zero-order valence-electron chi connectivity index (χ0n) is 76.8. The van der Waals surface area contributed by atoms with E-state index in [9.17, 15) is 9.59 Å². The highest BCUT2D eigenvalue weighted by atomic mass is 16.5. The summed E-state index contributed by atoms with van der Waals surface area (Å²) in [4.78, 5) is 24.5. The minimum Gasteiger partial charge on any atom is -0.497 e. The van der Waals surface area contributed by atoms with Gasteiger partial charge in [0.1, 0.15) is 23.0 Å². The first-order valence-electron chi connectivity index (χ1n) is 41.9. The molecule has 11 rings (SSSR count). The zero-order valence-corrected chi connectivity index (χ0v) is 76.8. The average Bonchev–Trinajstić information content (AvgIpc) is 0.779. The van der Waals surface area contributed by atoms with E-state index in [4.69, 9.17) is 28.9 Å². The quantitative estimate of drug-likeness (QED) is 0.0572. The third-order valence-corrected chi connectivity index (χ3v) is 19.6. The Kier molecular flexibility index (Phi) is 51.0. The Bertz CT molecular complexity index is 4190. The Labute approximate surface area is 709 Å². The Morgan fingerprint density at radius 3 is 1.01 bits per heavy atom. The topological polar surface area (TPSA) is 117 Å². The van der Waals surface area contributed by atoms with Gasteiger partial charge in [0.15, 0.2) is 5.78 Å². The summed E-state index contributed by atoms with van der Waals surface area (Å²) in [6.45, 7) is 54.3. The Morgan fingerprint density at radius 2 is 0.684 bits per heavy atom. The molecule has 117 heavy (non-hydrogen) atoms. The molecule has 0 saturated carbocycles. The van der Waals surface area contributed by atoms with Crippen LogP contribution in [0.1, 0.15) is 303 Å². The number of ether oxygens (including phenoxy) is 6. The zero-order chi connectivity index (χ0) is 87.5. The van der Waals surface area contributed by atoms with Crippen LogP contribution in [0.3, 0.4) is 0 Å². The van der Waals surface area contributed by atoms with E-state index in [1.807, 2.05) is 103 Å². The molecule has 10 aromatic carbocycles. The second-order valence-electron chi connectivity index (χ2n) is 32.4. The Balaban J connectivity index is 0.000000442. The van der Waals surface area contributed by atoms with Crippen LogP contribution in [0.4, 0.5) is 0 Å². The predicted octanol–water partition coefficient (Wildman–Crippen LogP) is 28.6. The van der Waals surface area contributed by atoms with Crippen molar-refractivity contribution in [2.24, 2.45) is 0 Å². The van der Waals surface area contributed by atoms with Crippen molar-refractivity contribution >= 4 is 11.8 Å². The number of rotatable bonds is 19. The number of nitrogens with zero attached hydrogens (tertiary/aromatic N) is 2. The van der Waals surface area contributed by atoms with E-state index in [0.29, 0.717) is 71.2 Å². The first-order valence-corrected chi connectivity index (χ1v) is 41.9. The number of carbonyl (C=O) groups excluding carboxylic acids is 2. The van der Waals surface area contributed by atoms with E-state index >= 15 is 0 Å². The molecule has 10 heteroatoms. The van der Waals surface area contributed by atoms with Crippen molar-refractivity contribution in [3.05, 3.63) is 332 Å². The maximum absolute atomic E-state index is 11.1. The van der Waals surface area contributed by atoms with Crippen LogP contribution in [-0.2, 0) is 22.4 Å². The van der Waals surface area contributed by atoms with E-state index in [-0.39, 0.29) is 11.8 Å². The van der Waals surface area contributed by atoms with Crippen molar-refractivity contribution < 1.29 is 38.0 Å². The van der Waals surface area contributed by atoms with Gasteiger partial charge in [-0.25, -0.2) is 4.79 Å².